The molecule has 0 aliphatic heterocycles. The molecule has 0 amide bonds. The number of benzene rings is 1. The fourth-order valence-corrected chi connectivity index (χ4v) is 1.62. The normalized spacial score (nSPS) is 10.1. The number of para-hydroxylation sites is 1. The Labute approximate surface area is 99.7 Å². The average molecular weight is 273 g/mol. The van der Waals surface area contributed by atoms with Crippen molar-refractivity contribution in [3.05, 3.63) is 22.7 Å². The van der Waals surface area contributed by atoms with Crippen molar-refractivity contribution in [3.63, 3.8) is 0 Å². The Morgan fingerprint density at radius 1 is 1.07 bits per heavy atom. The van der Waals surface area contributed by atoms with Crippen LogP contribution in [0, 0.1) is 0 Å². The minimum absolute atomic E-state index is 0.713. The summed E-state index contributed by atoms with van der Waals surface area (Å²) in [5.41, 5.74) is 0. The third-order valence-electron chi connectivity index (χ3n) is 1.84. The zero-order valence-corrected chi connectivity index (χ0v) is 10.8. The van der Waals surface area contributed by atoms with Crippen LogP contribution in [-0.2, 0) is 0 Å². The molecule has 0 aromatic heterocycles. The van der Waals surface area contributed by atoms with Crippen LogP contribution in [0.2, 0.25) is 0 Å². The molecule has 0 saturated heterocycles. The lowest BCUT2D eigenvalue weighted by atomic mass is 10.3. The van der Waals surface area contributed by atoms with E-state index < -0.39 is 0 Å². The molecule has 0 radical (unpaired) electrons. The second-order valence-corrected chi connectivity index (χ2v) is 4.12. The maximum atomic E-state index is 5.64. The zero-order chi connectivity index (χ0) is 11.1. The Balaban J connectivity index is 2.77. The van der Waals surface area contributed by atoms with Crippen LogP contribution in [0.1, 0.15) is 26.7 Å². The van der Waals surface area contributed by atoms with Crippen molar-refractivity contribution in [2.45, 2.75) is 26.7 Å². The Morgan fingerprint density at radius 3 is 2.40 bits per heavy atom. The van der Waals surface area contributed by atoms with Crippen molar-refractivity contribution >= 4 is 15.9 Å². The van der Waals surface area contributed by atoms with E-state index in [1.807, 2.05) is 18.2 Å². The highest BCUT2D eigenvalue weighted by Crippen LogP contribution is 2.35. The van der Waals surface area contributed by atoms with E-state index in [2.05, 4.69) is 29.8 Å². The Morgan fingerprint density at radius 2 is 1.73 bits per heavy atom. The second-order valence-electron chi connectivity index (χ2n) is 3.26. The van der Waals surface area contributed by atoms with Gasteiger partial charge in [-0.2, -0.15) is 0 Å². The predicted molar refractivity (Wildman–Crippen MR) is 65.7 cm³/mol. The lowest BCUT2D eigenvalue weighted by Gasteiger charge is -2.13. The molecule has 0 heterocycles. The molecule has 0 unspecified atom stereocenters. The fraction of sp³-hybridized carbons (Fsp3) is 0.500. The van der Waals surface area contributed by atoms with Gasteiger partial charge in [0.15, 0.2) is 11.5 Å². The number of ether oxygens (including phenoxy) is 2. The quantitative estimate of drug-likeness (QED) is 0.779. The van der Waals surface area contributed by atoms with E-state index in [9.17, 15) is 0 Å². The molecule has 0 atom stereocenters. The lowest BCUT2D eigenvalue weighted by molar-refractivity contribution is 0.267. The summed E-state index contributed by atoms with van der Waals surface area (Å²) in [6, 6.07) is 5.85. The van der Waals surface area contributed by atoms with E-state index in [0.717, 1.165) is 35.4 Å². The minimum Gasteiger partial charge on any atom is -0.490 e. The van der Waals surface area contributed by atoms with Crippen molar-refractivity contribution in [2.24, 2.45) is 0 Å². The van der Waals surface area contributed by atoms with Gasteiger partial charge >= 0.3 is 0 Å². The average Bonchev–Trinajstić information content (AvgIpc) is 2.25. The summed E-state index contributed by atoms with van der Waals surface area (Å²) in [5.74, 6) is 1.63. The molecular formula is C12H17BrO2. The van der Waals surface area contributed by atoms with E-state index in [-0.39, 0.29) is 0 Å². The van der Waals surface area contributed by atoms with Crippen LogP contribution in [0.4, 0.5) is 0 Å². The third-order valence-corrected chi connectivity index (χ3v) is 2.47. The molecule has 3 heteroatoms. The highest BCUT2D eigenvalue weighted by Gasteiger charge is 2.08. The van der Waals surface area contributed by atoms with Crippen LogP contribution in [0.3, 0.4) is 0 Å². The molecule has 0 fully saturated rings. The van der Waals surface area contributed by atoms with Gasteiger partial charge in [0.2, 0.25) is 0 Å². The van der Waals surface area contributed by atoms with Crippen LogP contribution in [-0.4, -0.2) is 13.2 Å². The van der Waals surface area contributed by atoms with E-state index in [0.29, 0.717) is 6.61 Å². The highest BCUT2D eigenvalue weighted by atomic mass is 79.9. The maximum Gasteiger partial charge on any atom is 0.175 e. The molecular weight excluding hydrogens is 256 g/mol. The van der Waals surface area contributed by atoms with Gasteiger partial charge in [-0.1, -0.05) is 19.9 Å². The van der Waals surface area contributed by atoms with Gasteiger partial charge in [-0.05, 0) is 40.9 Å². The standard InChI is InChI=1S/C12H17BrO2/c1-3-8-14-11-7-5-6-10(13)12(11)15-9-4-2/h5-7H,3-4,8-9H2,1-2H3. The number of hydrogen-bond donors (Lipinski definition) is 0. The van der Waals surface area contributed by atoms with Gasteiger partial charge in [0, 0.05) is 0 Å². The van der Waals surface area contributed by atoms with Crippen molar-refractivity contribution < 1.29 is 9.47 Å². The van der Waals surface area contributed by atoms with E-state index in [4.69, 9.17) is 9.47 Å². The summed E-state index contributed by atoms with van der Waals surface area (Å²) in [4.78, 5) is 0. The van der Waals surface area contributed by atoms with Gasteiger partial charge in [0.05, 0.1) is 17.7 Å². The molecule has 0 N–H and O–H groups in total. The molecule has 1 aromatic rings. The summed E-state index contributed by atoms with van der Waals surface area (Å²) in [6.07, 6.45) is 1.99. The second kappa shape index (κ2) is 6.72. The van der Waals surface area contributed by atoms with Crippen LogP contribution in [0.5, 0.6) is 11.5 Å². The van der Waals surface area contributed by atoms with Crippen LogP contribution < -0.4 is 9.47 Å². The first-order valence-electron chi connectivity index (χ1n) is 5.33. The fourth-order valence-electron chi connectivity index (χ4n) is 1.16. The summed E-state index contributed by atoms with van der Waals surface area (Å²) in [7, 11) is 0. The lowest BCUT2D eigenvalue weighted by Crippen LogP contribution is -2.01. The molecule has 84 valence electrons. The molecule has 1 aromatic carbocycles. The van der Waals surface area contributed by atoms with Gasteiger partial charge in [-0.3, -0.25) is 0 Å². The van der Waals surface area contributed by atoms with E-state index >= 15 is 0 Å². The number of halogens is 1. The van der Waals surface area contributed by atoms with Crippen LogP contribution in [0.15, 0.2) is 22.7 Å². The van der Waals surface area contributed by atoms with Crippen molar-refractivity contribution in [3.8, 4) is 11.5 Å². The van der Waals surface area contributed by atoms with Crippen LogP contribution in [0.25, 0.3) is 0 Å². The monoisotopic (exact) mass is 272 g/mol. The first-order chi connectivity index (χ1) is 7.29. The molecule has 15 heavy (non-hydrogen) atoms. The SMILES string of the molecule is CCCOc1cccc(Br)c1OCCC. The van der Waals surface area contributed by atoms with Crippen molar-refractivity contribution in [1.82, 2.24) is 0 Å². The van der Waals surface area contributed by atoms with Gasteiger partial charge in [-0.15, -0.1) is 0 Å². The molecule has 0 spiro atoms. The molecule has 0 aliphatic rings. The largest absolute Gasteiger partial charge is 0.490 e. The topological polar surface area (TPSA) is 18.5 Å². The Kier molecular flexibility index (Phi) is 5.54. The molecule has 2 nitrogen and oxygen atoms in total. The summed E-state index contributed by atoms with van der Waals surface area (Å²) in [5, 5.41) is 0. The third kappa shape index (κ3) is 3.74. The van der Waals surface area contributed by atoms with Crippen molar-refractivity contribution in [1.29, 1.82) is 0 Å². The molecule has 1 rings (SSSR count). The highest BCUT2D eigenvalue weighted by molar-refractivity contribution is 9.10. The first-order valence-corrected chi connectivity index (χ1v) is 6.13. The predicted octanol–water partition coefficient (Wildman–Crippen LogP) is 4.03. The first kappa shape index (κ1) is 12.4. The van der Waals surface area contributed by atoms with Gasteiger partial charge < -0.3 is 9.47 Å². The van der Waals surface area contributed by atoms with Gasteiger partial charge in [0.25, 0.3) is 0 Å². The molecule has 0 bridgehead atoms. The summed E-state index contributed by atoms with van der Waals surface area (Å²) < 4.78 is 12.2. The smallest absolute Gasteiger partial charge is 0.175 e. The van der Waals surface area contributed by atoms with E-state index in [1.165, 1.54) is 0 Å². The Bertz CT molecular complexity index is 300. The van der Waals surface area contributed by atoms with Gasteiger partial charge in [-0.25, -0.2) is 0 Å². The van der Waals surface area contributed by atoms with Crippen LogP contribution >= 0.6 is 15.9 Å². The summed E-state index contributed by atoms with van der Waals surface area (Å²) in [6.45, 7) is 5.61. The number of hydrogen-bond acceptors (Lipinski definition) is 2. The molecule has 0 saturated carbocycles. The summed E-state index contributed by atoms with van der Waals surface area (Å²) >= 11 is 3.46. The minimum atomic E-state index is 0.713. The van der Waals surface area contributed by atoms with Crippen molar-refractivity contribution in [2.75, 3.05) is 13.2 Å². The zero-order valence-electron chi connectivity index (χ0n) is 9.25. The Hall–Kier alpha value is -0.700. The maximum absolute atomic E-state index is 5.64. The number of rotatable bonds is 6. The van der Waals surface area contributed by atoms with Gasteiger partial charge in [0.1, 0.15) is 0 Å². The molecule has 0 aliphatic carbocycles. The van der Waals surface area contributed by atoms with E-state index in [1.54, 1.807) is 0 Å².